The van der Waals surface area contributed by atoms with Crippen LogP contribution in [0.1, 0.15) is 10.4 Å². The first-order chi connectivity index (χ1) is 10.3. The summed E-state index contributed by atoms with van der Waals surface area (Å²) in [7, 11) is -3.06. The Labute approximate surface area is 131 Å². The van der Waals surface area contributed by atoms with Crippen LogP contribution in [0.4, 0.5) is 10.1 Å². The van der Waals surface area contributed by atoms with Crippen LogP contribution in [0, 0.1) is 5.82 Å². The van der Waals surface area contributed by atoms with Gasteiger partial charge in [0.2, 0.25) is 0 Å². The Balaban J connectivity index is 2.48. The number of sulfonamides is 1. The van der Waals surface area contributed by atoms with Gasteiger partial charge in [-0.15, -0.1) is 0 Å². The van der Waals surface area contributed by atoms with E-state index >= 15 is 0 Å². The molecule has 0 bridgehead atoms. The molecule has 0 spiro atoms. The Morgan fingerprint density at radius 1 is 1.23 bits per heavy atom. The fourth-order valence-electron chi connectivity index (χ4n) is 1.75. The number of ether oxygens (including phenoxy) is 1. The minimum Gasteiger partial charge on any atom is -0.465 e. The number of halogens is 2. The largest absolute Gasteiger partial charge is 0.465 e. The third kappa shape index (κ3) is 3.37. The van der Waals surface area contributed by atoms with Crippen molar-refractivity contribution < 1.29 is 22.3 Å². The van der Waals surface area contributed by atoms with E-state index in [-0.39, 0.29) is 16.3 Å². The van der Waals surface area contributed by atoms with E-state index in [1.54, 1.807) is 0 Å². The monoisotopic (exact) mass is 343 g/mol. The maximum absolute atomic E-state index is 13.7. The molecule has 0 atom stereocenters. The quantitative estimate of drug-likeness (QED) is 0.866. The lowest BCUT2D eigenvalue weighted by Crippen LogP contribution is -2.17. The van der Waals surface area contributed by atoms with E-state index in [2.05, 4.69) is 9.46 Å². The fraction of sp³-hybridized carbons (Fsp3) is 0.0714. The van der Waals surface area contributed by atoms with Crippen LogP contribution in [0.5, 0.6) is 0 Å². The number of methoxy groups -OCH3 is 1. The zero-order chi connectivity index (χ0) is 16.3. The summed E-state index contributed by atoms with van der Waals surface area (Å²) in [5, 5.41) is 0.207. The lowest BCUT2D eigenvalue weighted by Gasteiger charge is -2.12. The summed E-state index contributed by atoms with van der Waals surface area (Å²) >= 11 is 5.81. The van der Waals surface area contributed by atoms with Gasteiger partial charge in [-0.25, -0.2) is 17.6 Å². The number of hydrogen-bond acceptors (Lipinski definition) is 4. The number of rotatable bonds is 4. The summed E-state index contributed by atoms with van der Waals surface area (Å²) in [6.07, 6.45) is 0. The Morgan fingerprint density at radius 3 is 2.55 bits per heavy atom. The van der Waals surface area contributed by atoms with Gasteiger partial charge in [-0.3, -0.25) is 4.72 Å². The van der Waals surface area contributed by atoms with Crippen molar-refractivity contribution in [1.82, 2.24) is 0 Å². The van der Waals surface area contributed by atoms with Crippen LogP contribution in [-0.2, 0) is 14.8 Å². The predicted molar refractivity (Wildman–Crippen MR) is 80.0 cm³/mol. The third-order valence-corrected chi connectivity index (χ3v) is 4.39. The molecule has 2 aromatic carbocycles. The number of benzene rings is 2. The van der Waals surface area contributed by atoms with Gasteiger partial charge in [-0.05, 0) is 30.3 Å². The van der Waals surface area contributed by atoms with Crippen LogP contribution in [0.2, 0.25) is 5.02 Å². The predicted octanol–water partition coefficient (Wildman–Crippen LogP) is 3.07. The van der Waals surface area contributed by atoms with Crippen molar-refractivity contribution in [2.24, 2.45) is 0 Å². The van der Waals surface area contributed by atoms with Crippen LogP contribution >= 0.6 is 11.6 Å². The number of carbonyl (C=O) groups excluding carboxylic acids is 1. The third-order valence-electron chi connectivity index (χ3n) is 2.76. The smallest absolute Gasteiger partial charge is 0.339 e. The van der Waals surface area contributed by atoms with Crippen LogP contribution < -0.4 is 4.72 Å². The highest BCUT2D eigenvalue weighted by atomic mass is 35.5. The lowest BCUT2D eigenvalue weighted by atomic mass is 10.2. The van der Waals surface area contributed by atoms with E-state index in [1.807, 2.05) is 0 Å². The van der Waals surface area contributed by atoms with Crippen LogP contribution in [0.25, 0.3) is 0 Å². The first kappa shape index (κ1) is 16.3. The summed E-state index contributed by atoms with van der Waals surface area (Å²) in [5.41, 5.74) is -0.130. The molecule has 22 heavy (non-hydrogen) atoms. The van der Waals surface area contributed by atoms with Gasteiger partial charge in [-0.1, -0.05) is 23.7 Å². The summed E-state index contributed by atoms with van der Waals surface area (Å²) in [5.74, 6) is -1.65. The van der Waals surface area contributed by atoms with Gasteiger partial charge in [0.1, 0.15) is 10.7 Å². The summed E-state index contributed by atoms with van der Waals surface area (Å²) in [4.78, 5) is 11.1. The number of nitrogens with one attached hydrogen (secondary N) is 1. The minimum atomic E-state index is -4.22. The molecule has 1 N–H and O–H groups in total. The molecule has 0 aliphatic rings. The molecule has 0 fully saturated rings. The normalized spacial score (nSPS) is 11.0. The van der Waals surface area contributed by atoms with Gasteiger partial charge in [0, 0.05) is 5.02 Å². The average Bonchev–Trinajstić information content (AvgIpc) is 2.46. The van der Waals surface area contributed by atoms with Crippen molar-refractivity contribution >= 4 is 33.3 Å². The first-order valence-electron chi connectivity index (χ1n) is 6.00. The Hall–Kier alpha value is -2.12. The second kappa shape index (κ2) is 6.33. The van der Waals surface area contributed by atoms with Crippen LogP contribution in [0.15, 0.2) is 47.4 Å². The number of esters is 1. The molecule has 0 aliphatic carbocycles. The van der Waals surface area contributed by atoms with Crippen LogP contribution in [0.3, 0.4) is 0 Å². The molecule has 0 radical (unpaired) electrons. The molecule has 0 aromatic heterocycles. The fourth-order valence-corrected chi connectivity index (χ4v) is 3.07. The molecule has 0 amide bonds. The maximum atomic E-state index is 13.7. The van der Waals surface area contributed by atoms with Crippen molar-refractivity contribution in [3.8, 4) is 0 Å². The van der Waals surface area contributed by atoms with Crippen molar-refractivity contribution in [3.05, 3.63) is 58.9 Å². The summed E-state index contributed by atoms with van der Waals surface area (Å²) < 4.78 is 44.9. The average molecular weight is 344 g/mol. The molecule has 0 aliphatic heterocycles. The molecule has 2 aromatic rings. The van der Waals surface area contributed by atoms with E-state index in [0.717, 1.165) is 19.2 Å². The van der Waals surface area contributed by atoms with Gasteiger partial charge in [-0.2, -0.15) is 0 Å². The minimum absolute atomic E-state index is 0.0354. The highest BCUT2D eigenvalue weighted by Gasteiger charge is 2.22. The zero-order valence-electron chi connectivity index (χ0n) is 11.3. The maximum Gasteiger partial charge on any atom is 0.339 e. The zero-order valence-corrected chi connectivity index (χ0v) is 12.9. The SMILES string of the molecule is COC(=O)c1ccc(Cl)cc1NS(=O)(=O)c1ccccc1F. The van der Waals surface area contributed by atoms with E-state index in [9.17, 15) is 17.6 Å². The second-order valence-electron chi connectivity index (χ2n) is 4.22. The van der Waals surface area contributed by atoms with Crippen molar-refractivity contribution in [1.29, 1.82) is 0 Å². The molecule has 2 rings (SSSR count). The van der Waals surface area contributed by atoms with Crippen LogP contribution in [-0.4, -0.2) is 21.5 Å². The molecule has 8 heteroatoms. The van der Waals surface area contributed by atoms with Crippen molar-refractivity contribution in [2.75, 3.05) is 11.8 Å². The molecule has 116 valence electrons. The van der Waals surface area contributed by atoms with E-state index in [1.165, 1.54) is 30.3 Å². The highest BCUT2D eigenvalue weighted by molar-refractivity contribution is 7.92. The summed E-state index contributed by atoms with van der Waals surface area (Å²) in [6, 6.07) is 8.85. The van der Waals surface area contributed by atoms with Crippen molar-refractivity contribution in [3.63, 3.8) is 0 Å². The molecule has 0 heterocycles. The van der Waals surface area contributed by atoms with Gasteiger partial charge < -0.3 is 4.74 Å². The van der Waals surface area contributed by atoms with E-state index < -0.39 is 26.7 Å². The van der Waals surface area contributed by atoms with Gasteiger partial charge in [0.05, 0.1) is 18.4 Å². The van der Waals surface area contributed by atoms with E-state index in [4.69, 9.17) is 11.6 Å². The Bertz CT molecular complexity index is 823. The molecule has 0 saturated carbocycles. The van der Waals surface area contributed by atoms with E-state index in [0.29, 0.717) is 0 Å². The van der Waals surface area contributed by atoms with Gasteiger partial charge >= 0.3 is 5.97 Å². The molecular formula is C14H11ClFNO4S. The first-order valence-corrected chi connectivity index (χ1v) is 7.86. The lowest BCUT2D eigenvalue weighted by molar-refractivity contribution is 0.0602. The summed E-state index contributed by atoms with van der Waals surface area (Å²) in [6.45, 7) is 0. The number of carbonyl (C=O) groups is 1. The molecule has 0 unspecified atom stereocenters. The van der Waals surface area contributed by atoms with Crippen molar-refractivity contribution in [2.45, 2.75) is 4.90 Å². The molecule has 5 nitrogen and oxygen atoms in total. The Kier molecular flexibility index (Phi) is 4.68. The Morgan fingerprint density at radius 2 is 1.91 bits per heavy atom. The topological polar surface area (TPSA) is 72.5 Å². The molecular weight excluding hydrogens is 333 g/mol. The van der Waals surface area contributed by atoms with Gasteiger partial charge in [0.15, 0.2) is 0 Å². The number of anilines is 1. The molecule has 0 saturated heterocycles. The second-order valence-corrected chi connectivity index (χ2v) is 6.30. The number of hydrogen-bond donors (Lipinski definition) is 1. The van der Waals surface area contributed by atoms with Gasteiger partial charge in [0.25, 0.3) is 10.0 Å². The standard InChI is InChI=1S/C14H11ClFNO4S/c1-21-14(18)10-7-6-9(15)8-12(10)17-22(19,20)13-5-3-2-4-11(13)16/h2-8,17H,1H3. The highest BCUT2D eigenvalue weighted by Crippen LogP contribution is 2.25.